The van der Waals surface area contributed by atoms with Crippen LogP contribution in [0.3, 0.4) is 0 Å². The number of benzene rings is 6. The Balaban J connectivity index is 0.995. The highest BCUT2D eigenvalue weighted by Gasteiger charge is 2.02. The van der Waals surface area contributed by atoms with E-state index in [0.29, 0.717) is 0 Å². The number of nitrogens with one attached hydrogen (secondary N) is 4. The van der Waals surface area contributed by atoms with Crippen molar-refractivity contribution in [3.05, 3.63) is 158 Å². The molecule has 0 saturated carbocycles. The van der Waals surface area contributed by atoms with Crippen LogP contribution in [0, 0.1) is 0 Å². The van der Waals surface area contributed by atoms with Crippen molar-refractivity contribution >= 4 is 45.5 Å². The summed E-state index contributed by atoms with van der Waals surface area (Å²) in [5.74, 6) is 1.56. The van der Waals surface area contributed by atoms with Crippen molar-refractivity contribution in [1.82, 2.24) is 0 Å². The molecule has 0 fully saturated rings. The Kier molecular flexibility index (Phi) is 7.77. The molecule has 6 rings (SSSR count). The Morgan fingerprint density at radius 3 is 0.732 bits per heavy atom. The van der Waals surface area contributed by atoms with Crippen LogP contribution in [0.4, 0.5) is 45.5 Å². The molecule has 0 unspecified atom stereocenters. The molecule has 0 aliphatic carbocycles. The second-order valence-electron chi connectivity index (χ2n) is 9.54. The minimum absolute atomic E-state index is 0.778. The first-order valence-corrected chi connectivity index (χ1v) is 13.5. The van der Waals surface area contributed by atoms with Gasteiger partial charge >= 0.3 is 0 Å². The summed E-state index contributed by atoms with van der Waals surface area (Å²) in [6, 6.07) is 52.6. The largest absolute Gasteiger partial charge is 0.457 e. The van der Waals surface area contributed by atoms with Crippen molar-refractivity contribution in [2.24, 2.45) is 0 Å². The number of ether oxygens (including phenoxy) is 1. The van der Waals surface area contributed by atoms with Gasteiger partial charge in [-0.25, -0.2) is 0 Å². The molecule has 0 heterocycles. The smallest absolute Gasteiger partial charge is 0.127 e. The number of para-hydroxylation sites is 2. The van der Waals surface area contributed by atoms with Gasteiger partial charge in [-0.1, -0.05) is 36.4 Å². The lowest BCUT2D eigenvalue weighted by Crippen LogP contribution is -1.93. The lowest BCUT2D eigenvalue weighted by molar-refractivity contribution is 0.483. The third-order valence-corrected chi connectivity index (χ3v) is 6.42. The van der Waals surface area contributed by atoms with Crippen LogP contribution in [0.25, 0.3) is 0 Å². The van der Waals surface area contributed by atoms with Gasteiger partial charge in [-0.2, -0.15) is 0 Å². The maximum atomic E-state index is 6.06. The van der Waals surface area contributed by atoms with Gasteiger partial charge in [0.2, 0.25) is 0 Å². The minimum atomic E-state index is 0.778. The highest BCUT2D eigenvalue weighted by Crippen LogP contribution is 2.28. The zero-order valence-electron chi connectivity index (χ0n) is 22.4. The van der Waals surface area contributed by atoms with E-state index in [1.165, 1.54) is 0 Å². The second kappa shape index (κ2) is 12.5. The monoisotopic (exact) mass is 534 g/mol. The van der Waals surface area contributed by atoms with E-state index in [9.17, 15) is 0 Å². The second-order valence-corrected chi connectivity index (χ2v) is 9.54. The topological polar surface area (TPSA) is 57.4 Å². The molecule has 5 nitrogen and oxygen atoms in total. The summed E-state index contributed by atoms with van der Waals surface area (Å²) in [6.45, 7) is 0. The average molecular weight is 535 g/mol. The van der Waals surface area contributed by atoms with E-state index in [1.807, 2.05) is 109 Å². The molecular formula is C36H30N4O. The van der Waals surface area contributed by atoms with Crippen LogP contribution in [-0.4, -0.2) is 0 Å². The van der Waals surface area contributed by atoms with E-state index < -0.39 is 0 Å². The first kappa shape index (κ1) is 25.6. The minimum Gasteiger partial charge on any atom is -0.457 e. The molecule has 0 aliphatic rings. The van der Waals surface area contributed by atoms with Gasteiger partial charge in [0.05, 0.1) is 0 Å². The van der Waals surface area contributed by atoms with Gasteiger partial charge in [-0.05, 0) is 121 Å². The lowest BCUT2D eigenvalue weighted by atomic mass is 10.2. The maximum Gasteiger partial charge on any atom is 0.127 e. The Morgan fingerprint density at radius 1 is 0.244 bits per heavy atom. The molecule has 5 heteroatoms. The fraction of sp³-hybridized carbons (Fsp3) is 0. The summed E-state index contributed by atoms with van der Waals surface area (Å²) in [7, 11) is 0. The van der Waals surface area contributed by atoms with Crippen molar-refractivity contribution in [3.63, 3.8) is 0 Å². The molecular weight excluding hydrogens is 504 g/mol. The van der Waals surface area contributed by atoms with E-state index in [2.05, 4.69) is 69.8 Å². The van der Waals surface area contributed by atoms with Crippen LogP contribution in [0.15, 0.2) is 158 Å². The number of hydrogen-bond donors (Lipinski definition) is 4. The third kappa shape index (κ3) is 7.25. The number of hydrogen-bond acceptors (Lipinski definition) is 5. The molecule has 0 saturated heterocycles. The highest BCUT2D eigenvalue weighted by molar-refractivity contribution is 5.67. The quantitative estimate of drug-likeness (QED) is 0.141. The van der Waals surface area contributed by atoms with E-state index in [4.69, 9.17) is 4.74 Å². The van der Waals surface area contributed by atoms with E-state index in [-0.39, 0.29) is 0 Å². The van der Waals surface area contributed by atoms with Crippen molar-refractivity contribution in [2.45, 2.75) is 0 Å². The fourth-order valence-corrected chi connectivity index (χ4v) is 4.33. The standard InChI is InChI=1S/C36H30N4O/c1-3-7-27(8-4-1)37-29-11-15-31(16-12-29)39-33-19-23-35(24-20-33)41-36-25-21-34(22-26-36)40-32-17-13-30(14-18-32)38-28-9-5-2-6-10-28/h1-26,37-40H. The van der Waals surface area contributed by atoms with Crippen LogP contribution in [-0.2, 0) is 0 Å². The Bertz CT molecular complexity index is 1520. The Hall–Kier alpha value is -5.68. The zero-order valence-corrected chi connectivity index (χ0v) is 22.4. The molecule has 0 atom stereocenters. The van der Waals surface area contributed by atoms with E-state index in [1.54, 1.807) is 0 Å². The maximum absolute atomic E-state index is 6.06. The zero-order chi connectivity index (χ0) is 27.7. The van der Waals surface area contributed by atoms with Crippen LogP contribution >= 0.6 is 0 Å². The Morgan fingerprint density at radius 2 is 0.463 bits per heavy atom. The fourth-order valence-electron chi connectivity index (χ4n) is 4.33. The summed E-state index contributed by atoms with van der Waals surface area (Å²) in [6.07, 6.45) is 0. The molecule has 6 aromatic rings. The first-order valence-electron chi connectivity index (χ1n) is 13.5. The molecule has 4 N–H and O–H groups in total. The Labute approximate surface area is 240 Å². The van der Waals surface area contributed by atoms with Crippen LogP contribution < -0.4 is 26.0 Å². The van der Waals surface area contributed by atoms with Gasteiger partial charge in [0.25, 0.3) is 0 Å². The van der Waals surface area contributed by atoms with E-state index >= 15 is 0 Å². The van der Waals surface area contributed by atoms with Gasteiger partial charge in [0.1, 0.15) is 11.5 Å². The van der Waals surface area contributed by atoms with Crippen molar-refractivity contribution in [1.29, 1.82) is 0 Å². The van der Waals surface area contributed by atoms with Crippen molar-refractivity contribution in [3.8, 4) is 11.5 Å². The third-order valence-electron chi connectivity index (χ3n) is 6.42. The summed E-state index contributed by atoms with van der Waals surface area (Å²) in [5, 5.41) is 13.7. The molecule has 0 amide bonds. The summed E-state index contributed by atoms with van der Waals surface area (Å²) in [4.78, 5) is 0. The lowest BCUT2D eigenvalue weighted by Gasteiger charge is -2.11. The van der Waals surface area contributed by atoms with Gasteiger partial charge in [0.15, 0.2) is 0 Å². The molecule has 0 radical (unpaired) electrons. The average Bonchev–Trinajstić information content (AvgIpc) is 3.02. The molecule has 0 bridgehead atoms. The summed E-state index contributed by atoms with van der Waals surface area (Å²) < 4.78 is 6.06. The highest BCUT2D eigenvalue weighted by atomic mass is 16.5. The molecule has 200 valence electrons. The molecule has 0 aromatic heterocycles. The van der Waals surface area contributed by atoms with Crippen molar-refractivity contribution < 1.29 is 4.74 Å². The molecule has 41 heavy (non-hydrogen) atoms. The normalized spacial score (nSPS) is 10.4. The van der Waals surface area contributed by atoms with Crippen LogP contribution in [0.1, 0.15) is 0 Å². The SMILES string of the molecule is c1ccc(Nc2ccc(Nc3ccc(Oc4ccc(Nc5ccc(Nc6ccccc6)cc5)cc4)cc3)cc2)cc1. The van der Waals surface area contributed by atoms with Gasteiger partial charge in [-0.15, -0.1) is 0 Å². The van der Waals surface area contributed by atoms with E-state index in [0.717, 1.165) is 57.0 Å². The van der Waals surface area contributed by atoms with Gasteiger partial charge < -0.3 is 26.0 Å². The van der Waals surface area contributed by atoms with Gasteiger partial charge in [0, 0.05) is 45.5 Å². The summed E-state index contributed by atoms with van der Waals surface area (Å²) in [5.41, 5.74) is 8.23. The predicted molar refractivity (Wildman–Crippen MR) is 172 cm³/mol. The van der Waals surface area contributed by atoms with Crippen LogP contribution in [0.2, 0.25) is 0 Å². The number of anilines is 8. The summed E-state index contributed by atoms with van der Waals surface area (Å²) >= 11 is 0. The first-order chi connectivity index (χ1) is 20.2. The predicted octanol–water partition coefficient (Wildman–Crippen LogP) is 10.5. The molecule has 0 spiro atoms. The number of rotatable bonds is 10. The van der Waals surface area contributed by atoms with Gasteiger partial charge in [-0.3, -0.25) is 0 Å². The van der Waals surface area contributed by atoms with Crippen LogP contribution in [0.5, 0.6) is 11.5 Å². The molecule has 0 aliphatic heterocycles. The van der Waals surface area contributed by atoms with Crippen molar-refractivity contribution in [2.75, 3.05) is 21.3 Å². The molecule has 6 aromatic carbocycles.